The van der Waals surface area contributed by atoms with Gasteiger partial charge in [0.15, 0.2) is 0 Å². The highest BCUT2D eigenvalue weighted by Gasteiger charge is 2.57. The fraction of sp³-hybridized carbons (Fsp3) is 0.645. The standard InChI is InChI=1S/C62H83N9O7/c1-7-70-51-20-19-41-28-47(51)49(56(70)48-29-42(31-63-54(48)39(3)75-6)67-24-22-66(23-25-67)40-17-18-40)30-61(4,5)35-78-60(74)50-16-11-21-71(65-50)59(73)55(57(52-32-68(41)26-27-77-52)69-33-62(34-69)36-76-37-62)64-58(72)53-38(2)43-12-8-9-13-44(43)45-14-10-15-46(45)53/h8-9,12-13,19-20,28-29,31,38-40,45-46,50,52-53,55,57,65H,7,10-11,14-18,21-27,30,32-37H2,1-6H3,(H,64,72)/t38?,39-,45?,46+,50-,52+,53?,55-,57+/m0/s1. The van der Waals surface area contributed by atoms with Crippen molar-refractivity contribution in [1.82, 2.24) is 35.1 Å². The Kier molecular flexibility index (Phi) is 13.9. The summed E-state index contributed by atoms with van der Waals surface area (Å²) in [6.45, 7) is 20.7. The molecule has 3 aliphatic carbocycles. The Morgan fingerprint density at radius 2 is 1.69 bits per heavy atom. The second-order valence-corrected chi connectivity index (χ2v) is 25.7. The number of piperazine rings is 1. The summed E-state index contributed by atoms with van der Waals surface area (Å²) >= 11 is 0. The predicted octanol–water partition coefficient (Wildman–Crippen LogP) is 7.04. The highest BCUT2D eigenvalue weighted by molar-refractivity contribution is 5.95. The van der Waals surface area contributed by atoms with E-state index in [1.807, 2.05) is 6.20 Å². The van der Waals surface area contributed by atoms with Gasteiger partial charge in [0, 0.05) is 118 Å². The van der Waals surface area contributed by atoms with Crippen LogP contribution in [0.2, 0.25) is 0 Å². The highest BCUT2D eigenvalue weighted by Crippen LogP contribution is 2.54. The van der Waals surface area contributed by atoms with Crippen LogP contribution in [0.1, 0.15) is 120 Å². The van der Waals surface area contributed by atoms with Gasteiger partial charge < -0.3 is 38.6 Å². The van der Waals surface area contributed by atoms with E-state index in [9.17, 15) is 4.79 Å². The summed E-state index contributed by atoms with van der Waals surface area (Å²) in [6.07, 6.45) is 8.85. The number of rotatable bonds is 9. The smallest absolute Gasteiger partial charge is 0.324 e. The number of hydrogen-bond donors (Lipinski definition) is 2. The van der Waals surface area contributed by atoms with Crippen LogP contribution in [-0.4, -0.2) is 165 Å². The monoisotopic (exact) mass is 1070 g/mol. The molecule has 2 aromatic heterocycles. The first-order valence-corrected chi connectivity index (χ1v) is 29.8. The third-order valence-corrected chi connectivity index (χ3v) is 19.9. The van der Waals surface area contributed by atoms with E-state index in [1.165, 1.54) is 29.5 Å². The molecule has 6 bridgehead atoms. The number of morpholine rings is 1. The quantitative estimate of drug-likeness (QED) is 0.166. The van der Waals surface area contributed by atoms with E-state index in [4.69, 9.17) is 23.9 Å². The van der Waals surface area contributed by atoms with Crippen molar-refractivity contribution in [3.8, 4) is 11.3 Å². The van der Waals surface area contributed by atoms with E-state index in [2.05, 4.69) is 118 Å². The van der Waals surface area contributed by atoms with Gasteiger partial charge in [-0.2, -0.15) is 0 Å². The minimum absolute atomic E-state index is 0.0171. The number of fused-ring (bicyclic) bond motifs is 9. The van der Waals surface area contributed by atoms with Gasteiger partial charge in [-0.15, -0.1) is 0 Å². The molecule has 5 saturated heterocycles. The molecule has 3 unspecified atom stereocenters. The first-order valence-electron chi connectivity index (χ1n) is 29.8. The summed E-state index contributed by atoms with van der Waals surface area (Å²) in [7, 11) is 1.76. The predicted molar refractivity (Wildman–Crippen MR) is 300 cm³/mol. The maximum Gasteiger partial charge on any atom is 0.324 e. The molecule has 16 nitrogen and oxygen atoms in total. The Labute approximate surface area is 460 Å². The average molecular weight is 1070 g/mol. The maximum absolute atomic E-state index is 15.8. The summed E-state index contributed by atoms with van der Waals surface area (Å²) in [5.41, 5.74) is 13.1. The summed E-state index contributed by atoms with van der Waals surface area (Å²) in [6, 6.07) is 16.5. The zero-order valence-corrected chi connectivity index (χ0v) is 47.0. The lowest BCUT2D eigenvalue weighted by molar-refractivity contribution is -0.213. The molecule has 6 aliphatic heterocycles. The van der Waals surface area contributed by atoms with E-state index < -0.39 is 29.6 Å². The van der Waals surface area contributed by atoms with Gasteiger partial charge in [-0.05, 0) is 118 Å². The number of nitrogens with zero attached hydrogens (tertiary/aromatic N) is 7. The van der Waals surface area contributed by atoms with Crippen molar-refractivity contribution >= 4 is 40.1 Å². The molecule has 2 N–H and O–H groups in total. The van der Waals surface area contributed by atoms with Gasteiger partial charge in [-0.25, -0.2) is 5.43 Å². The number of pyridine rings is 1. The molecule has 13 rings (SSSR count). The van der Waals surface area contributed by atoms with Crippen LogP contribution >= 0.6 is 0 Å². The van der Waals surface area contributed by atoms with Gasteiger partial charge in [0.05, 0.1) is 67.9 Å². The Hall–Kier alpha value is -5.10. The Bertz CT molecular complexity index is 2920. The van der Waals surface area contributed by atoms with Crippen molar-refractivity contribution in [2.24, 2.45) is 22.7 Å². The fourth-order valence-corrected chi connectivity index (χ4v) is 15.6. The summed E-state index contributed by atoms with van der Waals surface area (Å²) in [5.74, 6) is -0.507. The van der Waals surface area contributed by atoms with E-state index in [1.54, 1.807) is 12.1 Å². The van der Waals surface area contributed by atoms with E-state index in [0.717, 1.165) is 110 Å². The van der Waals surface area contributed by atoms with Gasteiger partial charge >= 0.3 is 5.97 Å². The van der Waals surface area contributed by atoms with Gasteiger partial charge in [-0.3, -0.25) is 34.2 Å². The lowest BCUT2D eigenvalue weighted by Gasteiger charge is -2.59. The SMILES string of the molecule is CCn1c(-c2cc(N3CCN(C4CC4)CC3)cnc2[C@H](C)OC)c2c3cc(ccc31)N1CCO[C@H](C1)[C@@H](N1CC3(COC3)C1)[C@H](NC(=O)C1C(C)c3ccccc3C3CCC[C@H]31)C(=O)N1CCC[C@H](N1)C(=O)OCC(C)(C)C2. The zero-order valence-electron chi connectivity index (χ0n) is 47.0. The molecule has 2 saturated carbocycles. The fourth-order valence-electron chi connectivity index (χ4n) is 15.6. The third-order valence-electron chi connectivity index (χ3n) is 19.9. The molecule has 7 fully saturated rings. The molecule has 2 amide bonds. The number of aryl methyl sites for hydroxylation is 1. The van der Waals surface area contributed by atoms with Gasteiger partial charge in [0.1, 0.15) is 12.1 Å². The Balaban J connectivity index is 0.910. The number of amides is 2. The van der Waals surface area contributed by atoms with Crippen LogP contribution in [-0.2, 0) is 46.3 Å². The highest BCUT2D eigenvalue weighted by atomic mass is 16.5. The van der Waals surface area contributed by atoms with Gasteiger partial charge in [-0.1, -0.05) is 51.5 Å². The first-order chi connectivity index (χ1) is 37.8. The number of cyclic esters (lactones) is 1. The van der Waals surface area contributed by atoms with Crippen LogP contribution < -0.4 is 20.5 Å². The van der Waals surface area contributed by atoms with Crippen LogP contribution in [0.5, 0.6) is 0 Å². The number of benzene rings is 2. The molecule has 0 radical (unpaired) electrons. The van der Waals surface area contributed by atoms with Crippen LogP contribution in [0, 0.1) is 22.7 Å². The minimum atomic E-state index is -0.963. The van der Waals surface area contributed by atoms with E-state index in [-0.39, 0.29) is 53.7 Å². The lowest BCUT2D eigenvalue weighted by Crippen LogP contribution is -2.76. The second kappa shape index (κ2) is 20.8. The number of esters is 1. The topological polar surface area (TPSA) is 146 Å². The molecule has 2 aromatic carbocycles. The van der Waals surface area contributed by atoms with Crippen LogP contribution in [0.3, 0.4) is 0 Å². The van der Waals surface area contributed by atoms with Crippen molar-refractivity contribution in [2.75, 3.05) is 102 Å². The van der Waals surface area contributed by atoms with Crippen LogP contribution in [0.25, 0.3) is 22.2 Å². The molecule has 9 atom stereocenters. The number of carbonyl (C=O) groups excluding carboxylic acids is 3. The van der Waals surface area contributed by atoms with Crippen molar-refractivity contribution in [3.63, 3.8) is 0 Å². The molecule has 9 aliphatic rings. The second-order valence-electron chi connectivity index (χ2n) is 25.7. The lowest BCUT2D eigenvalue weighted by atomic mass is 9.65. The summed E-state index contributed by atoms with van der Waals surface area (Å²) in [4.78, 5) is 61.0. The molecule has 1 spiro atoms. The third kappa shape index (κ3) is 9.41. The minimum Gasteiger partial charge on any atom is -0.464 e. The number of nitrogens with one attached hydrogen (secondary N) is 2. The summed E-state index contributed by atoms with van der Waals surface area (Å²) in [5, 5.41) is 6.32. The van der Waals surface area contributed by atoms with E-state index in [0.29, 0.717) is 64.6 Å². The molecule has 8 heterocycles. The number of hydrogen-bond acceptors (Lipinski definition) is 13. The molecule has 4 aromatic rings. The van der Waals surface area contributed by atoms with Gasteiger partial charge in [0.25, 0.3) is 5.91 Å². The van der Waals surface area contributed by atoms with Crippen LogP contribution in [0.4, 0.5) is 11.4 Å². The molecular weight excluding hydrogens is 983 g/mol. The summed E-state index contributed by atoms with van der Waals surface area (Å²) < 4.78 is 27.7. The van der Waals surface area contributed by atoms with Crippen molar-refractivity contribution in [3.05, 3.63) is 77.1 Å². The van der Waals surface area contributed by atoms with Crippen molar-refractivity contribution in [2.45, 2.75) is 141 Å². The molecule has 16 heteroatoms. The molecule has 418 valence electrons. The number of methoxy groups -OCH3 is 1. The first kappa shape index (κ1) is 52.3. The van der Waals surface area contributed by atoms with Crippen molar-refractivity contribution < 1.29 is 33.3 Å². The number of anilines is 2. The van der Waals surface area contributed by atoms with Gasteiger partial charge in [0.2, 0.25) is 5.91 Å². The maximum atomic E-state index is 15.8. The Morgan fingerprint density at radius 3 is 2.44 bits per heavy atom. The number of carbonyl (C=O) groups is 3. The average Bonchev–Trinajstić information content (AvgIpc) is 4.26. The van der Waals surface area contributed by atoms with Crippen molar-refractivity contribution in [1.29, 1.82) is 0 Å². The number of ether oxygens (including phenoxy) is 4. The van der Waals surface area contributed by atoms with E-state index >= 15 is 9.59 Å². The molecule has 78 heavy (non-hydrogen) atoms. The normalized spacial score (nSPS) is 30.7. The zero-order chi connectivity index (χ0) is 53.6. The number of likely N-dealkylation sites (tertiary alicyclic amines) is 1. The number of aromatic nitrogens is 2. The largest absolute Gasteiger partial charge is 0.464 e. The van der Waals surface area contributed by atoms with Crippen LogP contribution in [0.15, 0.2) is 54.7 Å². The number of hydrazine groups is 1. The Morgan fingerprint density at radius 1 is 0.897 bits per heavy atom. The molecular formula is C62H83N9O7.